The van der Waals surface area contributed by atoms with Gasteiger partial charge in [-0.1, -0.05) is 0 Å². The Hall–Kier alpha value is -2.22. The number of anilines is 1. The van der Waals surface area contributed by atoms with E-state index in [1.54, 1.807) is 18.2 Å². The quantitative estimate of drug-likeness (QED) is 0.863. The molecule has 2 aromatic rings. The molecule has 0 bridgehead atoms. The largest absolute Gasteiger partial charge is 0.417 e. The number of H-pyrrole nitrogens is 1. The van der Waals surface area contributed by atoms with E-state index >= 15 is 0 Å². The molecule has 1 saturated heterocycles. The number of aromatic amines is 1. The molecule has 0 spiro atoms. The molecule has 0 aliphatic carbocycles. The maximum Gasteiger partial charge on any atom is 0.417 e. The van der Waals surface area contributed by atoms with Gasteiger partial charge < -0.3 is 14.6 Å². The molecule has 7 nitrogen and oxygen atoms in total. The highest BCUT2D eigenvalue weighted by atomic mass is 32.2. The van der Waals surface area contributed by atoms with Crippen LogP contribution < -0.4 is 11.1 Å². The second-order valence-electron chi connectivity index (χ2n) is 4.34. The van der Waals surface area contributed by atoms with Crippen molar-refractivity contribution in [2.24, 2.45) is 0 Å². The standard InChI is InChI=1S/C12H11N3O4S/c16-10(4-15-6-20-5-11(15)17)13-7-1-2-9-8(3-7)14-12(18)19-9/h1-3H,4-6H2,(H,13,16)(H,14,18). The molecule has 20 heavy (non-hydrogen) atoms. The van der Waals surface area contributed by atoms with Gasteiger partial charge >= 0.3 is 5.76 Å². The number of nitrogens with one attached hydrogen (secondary N) is 2. The van der Waals surface area contributed by atoms with E-state index in [4.69, 9.17) is 4.42 Å². The average Bonchev–Trinajstić information content (AvgIpc) is 2.94. The fourth-order valence-electron chi connectivity index (χ4n) is 1.94. The molecule has 0 radical (unpaired) electrons. The van der Waals surface area contributed by atoms with Gasteiger partial charge in [0, 0.05) is 5.69 Å². The third-order valence-electron chi connectivity index (χ3n) is 2.86. The van der Waals surface area contributed by atoms with Gasteiger partial charge in [-0.15, -0.1) is 11.8 Å². The van der Waals surface area contributed by atoms with Gasteiger partial charge in [0.05, 0.1) is 17.1 Å². The summed E-state index contributed by atoms with van der Waals surface area (Å²) in [5.74, 6) is 0.129. The maximum absolute atomic E-state index is 11.8. The first kappa shape index (κ1) is 12.8. The number of nitrogens with zero attached hydrogens (tertiary/aromatic N) is 1. The first-order valence-corrected chi connectivity index (χ1v) is 7.05. The predicted molar refractivity (Wildman–Crippen MR) is 74.5 cm³/mol. The Kier molecular flexibility index (Phi) is 3.23. The van der Waals surface area contributed by atoms with Crippen molar-refractivity contribution in [3.63, 3.8) is 0 Å². The van der Waals surface area contributed by atoms with Gasteiger partial charge in [-0.25, -0.2) is 4.79 Å². The molecule has 0 atom stereocenters. The molecule has 104 valence electrons. The van der Waals surface area contributed by atoms with Crippen molar-refractivity contribution >= 4 is 40.4 Å². The number of carbonyl (C=O) groups excluding carboxylic acids is 2. The lowest BCUT2D eigenvalue weighted by Gasteiger charge is -2.14. The van der Waals surface area contributed by atoms with E-state index in [1.807, 2.05) is 0 Å². The van der Waals surface area contributed by atoms with Crippen LogP contribution in [0.4, 0.5) is 5.69 Å². The molecule has 2 N–H and O–H groups in total. The SMILES string of the molecule is O=C(CN1CSCC1=O)Nc1ccc2oc(=O)[nH]c2c1. The highest BCUT2D eigenvalue weighted by molar-refractivity contribution is 8.00. The van der Waals surface area contributed by atoms with E-state index in [2.05, 4.69) is 10.3 Å². The van der Waals surface area contributed by atoms with Gasteiger partial charge in [0.1, 0.15) is 6.54 Å². The van der Waals surface area contributed by atoms with E-state index in [0.29, 0.717) is 28.4 Å². The zero-order valence-electron chi connectivity index (χ0n) is 10.3. The van der Waals surface area contributed by atoms with E-state index in [9.17, 15) is 14.4 Å². The average molecular weight is 293 g/mol. The Morgan fingerprint density at radius 1 is 1.45 bits per heavy atom. The molecule has 1 aromatic carbocycles. The Bertz CT molecular complexity index is 736. The van der Waals surface area contributed by atoms with Crippen molar-refractivity contribution in [3.8, 4) is 0 Å². The van der Waals surface area contributed by atoms with Crippen LogP contribution in [0.2, 0.25) is 0 Å². The third kappa shape index (κ3) is 2.55. The van der Waals surface area contributed by atoms with Crippen molar-refractivity contribution in [1.82, 2.24) is 9.88 Å². The van der Waals surface area contributed by atoms with Crippen molar-refractivity contribution in [2.75, 3.05) is 23.5 Å². The topological polar surface area (TPSA) is 95.4 Å². The van der Waals surface area contributed by atoms with Crippen LogP contribution >= 0.6 is 11.8 Å². The van der Waals surface area contributed by atoms with Crippen molar-refractivity contribution < 1.29 is 14.0 Å². The van der Waals surface area contributed by atoms with Gasteiger partial charge in [-0.05, 0) is 18.2 Å². The molecule has 2 heterocycles. The minimum Gasteiger partial charge on any atom is -0.408 e. The summed E-state index contributed by atoms with van der Waals surface area (Å²) in [5, 5.41) is 2.68. The number of oxazole rings is 1. The van der Waals surface area contributed by atoms with Gasteiger partial charge in [-0.2, -0.15) is 0 Å². The first-order valence-electron chi connectivity index (χ1n) is 5.90. The monoisotopic (exact) mass is 293 g/mol. The normalized spacial score (nSPS) is 15.0. The van der Waals surface area contributed by atoms with Gasteiger partial charge in [0.25, 0.3) is 0 Å². The third-order valence-corrected chi connectivity index (χ3v) is 3.81. The van der Waals surface area contributed by atoms with E-state index in [-0.39, 0.29) is 18.4 Å². The van der Waals surface area contributed by atoms with Crippen LogP contribution in [0.25, 0.3) is 11.1 Å². The van der Waals surface area contributed by atoms with E-state index in [0.717, 1.165) is 0 Å². The van der Waals surface area contributed by atoms with Crippen molar-refractivity contribution in [2.45, 2.75) is 0 Å². The van der Waals surface area contributed by atoms with Crippen LogP contribution in [0.3, 0.4) is 0 Å². The Morgan fingerprint density at radius 3 is 3.05 bits per heavy atom. The number of carbonyl (C=O) groups is 2. The zero-order chi connectivity index (χ0) is 14.1. The van der Waals surface area contributed by atoms with Gasteiger partial charge in [0.15, 0.2) is 5.58 Å². The predicted octanol–water partition coefficient (Wildman–Crippen LogP) is 0.593. The zero-order valence-corrected chi connectivity index (χ0v) is 11.2. The Balaban J connectivity index is 1.70. The molecule has 0 saturated carbocycles. The Morgan fingerprint density at radius 2 is 2.30 bits per heavy atom. The van der Waals surface area contributed by atoms with Crippen LogP contribution in [0.15, 0.2) is 27.4 Å². The molecular weight excluding hydrogens is 282 g/mol. The number of thioether (sulfide) groups is 1. The van der Waals surface area contributed by atoms with Crippen LogP contribution in [-0.4, -0.2) is 39.9 Å². The lowest BCUT2D eigenvalue weighted by atomic mass is 10.3. The number of fused-ring (bicyclic) bond motifs is 1. The molecule has 1 aromatic heterocycles. The van der Waals surface area contributed by atoms with Crippen LogP contribution in [0.1, 0.15) is 0 Å². The van der Waals surface area contributed by atoms with Gasteiger partial charge in [0.2, 0.25) is 11.8 Å². The molecule has 8 heteroatoms. The number of aromatic nitrogens is 1. The van der Waals surface area contributed by atoms with Crippen LogP contribution in [0, 0.1) is 0 Å². The summed E-state index contributed by atoms with van der Waals surface area (Å²) in [6.45, 7) is 0.0335. The highest BCUT2D eigenvalue weighted by Crippen LogP contribution is 2.17. The second kappa shape index (κ2) is 5.04. The highest BCUT2D eigenvalue weighted by Gasteiger charge is 2.22. The summed E-state index contributed by atoms with van der Waals surface area (Å²) in [6.07, 6.45) is 0. The molecule has 2 amide bonds. The van der Waals surface area contributed by atoms with Crippen molar-refractivity contribution in [3.05, 3.63) is 28.7 Å². The molecule has 1 fully saturated rings. The number of benzene rings is 1. The fraction of sp³-hybridized carbons (Fsp3) is 0.250. The fourth-order valence-corrected chi connectivity index (χ4v) is 2.85. The summed E-state index contributed by atoms with van der Waals surface area (Å²) in [7, 11) is 0. The number of hydrogen-bond acceptors (Lipinski definition) is 5. The maximum atomic E-state index is 11.8. The molecule has 3 rings (SSSR count). The number of rotatable bonds is 3. The lowest BCUT2D eigenvalue weighted by molar-refractivity contribution is -0.130. The second-order valence-corrected chi connectivity index (χ2v) is 5.30. The van der Waals surface area contributed by atoms with Gasteiger partial charge in [-0.3, -0.25) is 14.6 Å². The number of amides is 2. The summed E-state index contributed by atoms with van der Waals surface area (Å²) in [5.41, 5.74) is 1.48. The minimum atomic E-state index is -0.539. The minimum absolute atomic E-state index is 0.0280. The first-order chi connectivity index (χ1) is 9.61. The van der Waals surface area contributed by atoms with Crippen LogP contribution in [-0.2, 0) is 9.59 Å². The molecule has 1 aliphatic rings. The summed E-state index contributed by atoms with van der Waals surface area (Å²) < 4.78 is 4.87. The molecule has 0 unspecified atom stereocenters. The summed E-state index contributed by atoms with van der Waals surface area (Å²) >= 11 is 1.49. The summed E-state index contributed by atoms with van der Waals surface area (Å²) in [4.78, 5) is 38.3. The lowest BCUT2D eigenvalue weighted by Crippen LogP contribution is -2.34. The van der Waals surface area contributed by atoms with E-state index in [1.165, 1.54) is 16.7 Å². The van der Waals surface area contributed by atoms with E-state index < -0.39 is 5.76 Å². The Labute approximate surface area is 117 Å². The molecular formula is C12H11N3O4S. The van der Waals surface area contributed by atoms with Crippen molar-refractivity contribution in [1.29, 1.82) is 0 Å². The smallest absolute Gasteiger partial charge is 0.408 e. The molecule has 1 aliphatic heterocycles. The summed E-state index contributed by atoms with van der Waals surface area (Å²) in [6, 6.07) is 4.84. The van der Waals surface area contributed by atoms with Crippen LogP contribution in [0.5, 0.6) is 0 Å². The number of hydrogen-bond donors (Lipinski definition) is 2.